The Balaban J connectivity index is 3.63. The van der Waals surface area contributed by atoms with Gasteiger partial charge < -0.3 is 20.6 Å². The largest absolute Gasteiger partial charge is 0.394 e. The van der Waals surface area contributed by atoms with Crippen molar-refractivity contribution in [3.8, 4) is 0 Å². The first-order chi connectivity index (χ1) is 26.0. The maximum atomic E-state index is 12.5. The lowest BCUT2D eigenvalue weighted by Gasteiger charge is -2.21. The SMILES string of the molecule is CC/C=C\C/C=C\CCCCCCCCCCCCCCC(O)CC(=O)NC(CO)C(O)/C=C/CCCCCCCCCCCCCCCCCCC. The number of aliphatic hydroxyl groups excluding tert-OH is 3. The molecule has 0 bridgehead atoms. The number of carbonyl (C=O) groups is 1. The minimum absolute atomic E-state index is 0.0134. The van der Waals surface area contributed by atoms with Crippen molar-refractivity contribution in [2.75, 3.05) is 6.61 Å². The first-order valence-electron chi connectivity index (χ1n) is 23.3. The first kappa shape index (κ1) is 51.6. The quantitative estimate of drug-likeness (QED) is 0.0370. The smallest absolute Gasteiger partial charge is 0.222 e. The molecule has 0 rings (SSSR count). The normalized spacial score (nSPS) is 13.8. The summed E-state index contributed by atoms with van der Waals surface area (Å²) in [6, 6.07) is -0.744. The molecule has 312 valence electrons. The Labute approximate surface area is 330 Å². The molecule has 5 nitrogen and oxygen atoms in total. The number of carbonyl (C=O) groups excluding carboxylic acids is 1. The lowest BCUT2D eigenvalue weighted by atomic mass is 10.0. The molecule has 5 heteroatoms. The average Bonchev–Trinajstić information content (AvgIpc) is 3.15. The summed E-state index contributed by atoms with van der Waals surface area (Å²) in [4.78, 5) is 12.5. The highest BCUT2D eigenvalue weighted by atomic mass is 16.3. The van der Waals surface area contributed by atoms with E-state index in [2.05, 4.69) is 43.5 Å². The zero-order chi connectivity index (χ0) is 38.7. The molecule has 0 aliphatic heterocycles. The molecule has 0 aromatic carbocycles. The van der Waals surface area contributed by atoms with Crippen LogP contribution in [0.3, 0.4) is 0 Å². The molecule has 0 aliphatic rings. The van der Waals surface area contributed by atoms with Crippen LogP contribution in [0.25, 0.3) is 0 Å². The third kappa shape index (κ3) is 40.1. The fourth-order valence-electron chi connectivity index (χ4n) is 7.14. The minimum Gasteiger partial charge on any atom is -0.394 e. The molecular formula is C48H91NO4. The fourth-order valence-corrected chi connectivity index (χ4v) is 7.14. The molecule has 0 saturated heterocycles. The van der Waals surface area contributed by atoms with Gasteiger partial charge in [0.25, 0.3) is 0 Å². The van der Waals surface area contributed by atoms with Gasteiger partial charge >= 0.3 is 0 Å². The summed E-state index contributed by atoms with van der Waals surface area (Å²) in [5, 5.41) is 33.3. The molecule has 53 heavy (non-hydrogen) atoms. The van der Waals surface area contributed by atoms with Gasteiger partial charge in [-0.1, -0.05) is 224 Å². The molecule has 3 atom stereocenters. The summed E-state index contributed by atoms with van der Waals surface area (Å²) in [6.07, 6.45) is 54.3. The van der Waals surface area contributed by atoms with Crippen molar-refractivity contribution in [1.82, 2.24) is 5.32 Å². The van der Waals surface area contributed by atoms with E-state index in [4.69, 9.17) is 0 Å². The molecule has 0 radical (unpaired) electrons. The van der Waals surface area contributed by atoms with Gasteiger partial charge in [0.2, 0.25) is 5.91 Å². The first-order valence-corrected chi connectivity index (χ1v) is 23.3. The predicted octanol–water partition coefficient (Wildman–Crippen LogP) is 13.5. The van der Waals surface area contributed by atoms with E-state index in [-0.39, 0.29) is 18.9 Å². The Kier molecular flexibility index (Phi) is 42.1. The van der Waals surface area contributed by atoms with Crippen LogP contribution in [0.15, 0.2) is 36.5 Å². The van der Waals surface area contributed by atoms with E-state index in [1.807, 2.05) is 6.08 Å². The molecule has 4 N–H and O–H groups in total. The van der Waals surface area contributed by atoms with Crippen LogP contribution in [0, 0.1) is 0 Å². The van der Waals surface area contributed by atoms with Crippen molar-refractivity contribution in [2.24, 2.45) is 0 Å². The van der Waals surface area contributed by atoms with Crippen LogP contribution in [0.4, 0.5) is 0 Å². The van der Waals surface area contributed by atoms with E-state index in [1.165, 1.54) is 173 Å². The topological polar surface area (TPSA) is 89.8 Å². The Morgan fingerprint density at radius 3 is 1.34 bits per heavy atom. The van der Waals surface area contributed by atoms with E-state index in [9.17, 15) is 20.1 Å². The van der Waals surface area contributed by atoms with Crippen LogP contribution >= 0.6 is 0 Å². The molecule has 3 unspecified atom stereocenters. The van der Waals surface area contributed by atoms with Crippen molar-refractivity contribution in [3.63, 3.8) is 0 Å². The second kappa shape index (κ2) is 43.3. The van der Waals surface area contributed by atoms with E-state index < -0.39 is 18.2 Å². The van der Waals surface area contributed by atoms with Crippen LogP contribution in [-0.4, -0.2) is 46.1 Å². The van der Waals surface area contributed by atoms with Crippen molar-refractivity contribution >= 4 is 5.91 Å². The highest BCUT2D eigenvalue weighted by Gasteiger charge is 2.20. The highest BCUT2D eigenvalue weighted by molar-refractivity contribution is 5.76. The molecule has 0 aromatic rings. The van der Waals surface area contributed by atoms with Gasteiger partial charge in [-0.05, 0) is 44.9 Å². The van der Waals surface area contributed by atoms with Crippen molar-refractivity contribution in [1.29, 1.82) is 0 Å². The molecular weight excluding hydrogens is 655 g/mol. The lowest BCUT2D eigenvalue weighted by molar-refractivity contribution is -0.124. The summed E-state index contributed by atoms with van der Waals surface area (Å²) in [6.45, 7) is 4.12. The van der Waals surface area contributed by atoms with Gasteiger partial charge in [0, 0.05) is 0 Å². The molecule has 0 fully saturated rings. The van der Waals surface area contributed by atoms with Crippen LogP contribution in [0.5, 0.6) is 0 Å². The summed E-state index contributed by atoms with van der Waals surface area (Å²) in [7, 11) is 0. The monoisotopic (exact) mass is 746 g/mol. The number of allylic oxidation sites excluding steroid dienone is 5. The van der Waals surface area contributed by atoms with Crippen molar-refractivity contribution in [2.45, 2.75) is 257 Å². The van der Waals surface area contributed by atoms with E-state index in [0.717, 1.165) is 38.5 Å². The van der Waals surface area contributed by atoms with Gasteiger partial charge in [-0.25, -0.2) is 0 Å². The lowest BCUT2D eigenvalue weighted by Crippen LogP contribution is -2.45. The van der Waals surface area contributed by atoms with E-state index in [1.54, 1.807) is 6.08 Å². The Morgan fingerprint density at radius 2 is 0.906 bits per heavy atom. The minimum atomic E-state index is -0.928. The second-order valence-corrected chi connectivity index (χ2v) is 16.0. The average molecular weight is 746 g/mol. The summed E-state index contributed by atoms with van der Waals surface area (Å²) >= 11 is 0. The Morgan fingerprint density at radius 1 is 0.509 bits per heavy atom. The predicted molar refractivity (Wildman–Crippen MR) is 231 cm³/mol. The van der Waals surface area contributed by atoms with Crippen LogP contribution in [0.1, 0.15) is 239 Å². The van der Waals surface area contributed by atoms with Gasteiger partial charge in [0.15, 0.2) is 0 Å². The Bertz CT molecular complexity index is 824. The molecule has 0 aliphatic carbocycles. The number of rotatable bonds is 42. The third-order valence-corrected chi connectivity index (χ3v) is 10.7. The molecule has 0 aromatic heterocycles. The van der Waals surface area contributed by atoms with E-state index >= 15 is 0 Å². The molecule has 0 spiro atoms. The fraction of sp³-hybridized carbons (Fsp3) is 0.854. The molecule has 1 amide bonds. The zero-order valence-electron chi connectivity index (χ0n) is 35.4. The maximum Gasteiger partial charge on any atom is 0.222 e. The van der Waals surface area contributed by atoms with Crippen LogP contribution in [-0.2, 0) is 4.79 Å². The van der Waals surface area contributed by atoms with Crippen molar-refractivity contribution < 1.29 is 20.1 Å². The van der Waals surface area contributed by atoms with Gasteiger partial charge in [0.05, 0.1) is 31.3 Å². The number of hydrogen-bond donors (Lipinski definition) is 4. The highest BCUT2D eigenvalue weighted by Crippen LogP contribution is 2.16. The van der Waals surface area contributed by atoms with Gasteiger partial charge in [-0.15, -0.1) is 0 Å². The molecule has 0 saturated carbocycles. The summed E-state index contributed by atoms with van der Waals surface area (Å²) in [5.74, 6) is -0.315. The van der Waals surface area contributed by atoms with Gasteiger partial charge in [-0.2, -0.15) is 0 Å². The number of amides is 1. The standard InChI is InChI=1S/C48H91NO4/c1-3-5-7-9-11-13-15-17-19-21-23-25-27-29-31-33-35-37-39-41-45(51)43-48(53)49-46(44-50)47(52)42-40-38-36-34-32-30-28-26-24-22-20-18-16-14-12-10-8-6-4-2/h5,7,11,13,40,42,45-47,50-52H,3-4,6,8-10,12,14-39,41,43-44H2,1-2H3,(H,49,53)/b7-5-,13-11-,42-40+. The second-order valence-electron chi connectivity index (χ2n) is 16.0. The molecule has 0 heterocycles. The summed E-state index contributed by atoms with van der Waals surface area (Å²) < 4.78 is 0. The third-order valence-electron chi connectivity index (χ3n) is 10.7. The van der Waals surface area contributed by atoms with Crippen molar-refractivity contribution in [3.05, 3.63) is 36.5 Å². The number of aliphatic hydroxyl groups is 3. The van der Waals surface area contributed by atoms with E-state index in [0.29, 0.717) is 6.42 Å². The van der Waals surface area contributed by atoms with Gasteiger partial charge in [0.1, 0.15) is 0 Å². The van der Waals surface area contributed by atoms with Crippen LogP contribution in [0.2, 0.25) is 0 Å². The maximum absolute atomic E-state index is 12.5. The zero-order valence-corrected chi connectivity index (χ0v) is 35.4. The Hall–Kier alpha value is -1.43. The van der Waals surface area contributed by atoms with Gasteiger partial charge in [-0.3, -0.25) is 4.79 Å². The van der Waals surface area contributed by atoms with Crippen LogP contribution < -0.4 is 5.32 Å². The number of unbranched alkanes of at least 4 members (excludes halogenated alkanes) is 29. The number of nitrogens with one attached hydrogen (secondary N) is 1. The number of hydrogen-bond acceptors (Lipinski definition) is 4. The summed E-state index contributed by atoms with van der Waals surface area (Å²) in [5.41, 5.74) is 0.